The average Bonchev–Trinajstić information content (AvgIpc) is 2.81. The number of likely N-dealkylation sites (tertiary alicyclic amines) is 1. The van der Waals surface area contributed by atoms with Gasteiger partial charge in [0, 0.05) is 50.9 Å². The monoisotopic (exact) mass is 405 g/mol. The molecule has 5 nitrogen and oxygen atoms in total. The number of hydrogen-bond acceptors (Lipinski definition) is 3. The van der Waals surface area contributed by atoms with E-state index in [0.29, 0.717) is 19.6 Å². The summed E-state index contributed by atoms with van der Waals surface area (Å²) >= 11 is 0. The Hall–Kier alpha value is -3.08. The standard InChI is InChI=1S/C25H31N3O2/c1-27(23-11-6-3-7-12-23)18-8-17-26-25(30)22-15-19-28(20-16-22)24(29)14-13-21-9-4-2-5-10-21/h2-7,9-14,22H,8,15-20H2,1H3,(H,26,30)/b14-13+. The number of benzene rings is 2. The second-order valence-corrected chi connectivity index (χ2v) is 7.75. The van der Waals surface area contributed by atoms with Gasteiger partial charge >= 0.3 is 0 Å². The molecular weight excluding hydrogens is 374 g/mol. The Morgan fingerprint density at radius 2 is 1.67 bits per heavy atom. The van der Waals surface area contributed by atoms with E-state index in [1.165, 1.54) is 5.69 Å². The first kappa shape index (κ1) is 21.6. The van der Waals surface area contributed by atoms with Gasteiger partial charge in [0.15, 0.2) is 0 Å². The summed E-state index contributed by atoms with van der Waals surface area (Å²) in [5.41, 5.74) is 2.19. The predicted molar refractivity (Wildman–Crippen MR) is 122 cm³/mol. The molecule has 1 N–H and O–H groups in total. The molecule has 1 aliphatic rings. The Bertz CT molecular complexity index is 828. The molecule has 0 unspecified atom stereocenters. The SMILES string of the molecule is CN(CCCNC(=O)C1CCN(C(=O)/C=C/c2ccccc2)CC1)c1ccccc1. The second kappa shape index (κ2) is 11.2. The van der Waals surface area contributed by atoms with Crippen LogP contribution in [0, 0.1) is 5.92 Å². The zero-order valence-corrected chi connectivity index (χ0v) is 17.7. The lowest BCUT2D eigenvalue weighted by Gasteiger charge is -2.30. The van der Waals surface area contributed by atoms with Gasteiger partial charge < -0.3 is 15.1 Å². The normalized spacial score (nSPS) is 14.6. The Labute approximate surface area is 179 Å². The van der Waals surface area contributed by atoms with Crippen molar-refractivity contribution in [2.24, 2.45) is 5.92 Å². The molecule has 0 aromatic heterocycles. The van der Waals surface area contributed by atoms with Crippen molar-refractivity contribution < 1.29 is 9.59 Å². The lowest BCUT2D eigenvalue weighted by atomic mass is 9.95. The van der Waals surface area contributed by atoms with Crippen LogP contribution in [0.2, 0.25) is 0 Å². The van der Waals surface area contributed by atoms with Gasteiger partial charge in [0.05, 0.1) is 0 Å². The number of para-hydroxylation sites is 1. The molecular formula is C25H31N3O2. The summed E-state index contributed by atoms with van der Waals surface area (Å²) in [6.45, 7) is 2.83. The van der Waals surface area contributed by atoms with E-state index in [2.05, 4.69) is 29.4 Å². The number of piperidine rings is 1. The van der Waals surface area contributed by atoms with Crippen LogP contribution in [0.3, 0.4) is 0 Å². The number of anilines is 1. The van der Waals surface area contributed by atoms with Crippen LogP contribution in [-0.4, -0.2) is 49.9 Å². The lowest BCUT2D eigenvalue weighted by Crippen LogP contribution is -2.42. The van der Waals surface area contributed by atoms with Gasteiger partial charge in [-0.1, -0.05) is 48.5 Å². The van der Waals surface area contributed by atoms with Crippen molar-refractivity contribution in [3.05, 3.63) is 72.3 Å². The first-order valence-electron chi connectivity index (χ1n) is 10.7. The van der Waals surface area contributed by atoms with Gasteiger partial charge in [0.1, 0.15) is 0 Å². The molecule has 2 amide bonds. The van der Waals surface area contributed by atoms with Gasteiger partial charge in [-0.3, -0.25) is 9.59 Å². The zero-order chi connectivity index (χ0) is 21.2. The summed E-state index contributed by atoms with van der Waals surface area (Å²) in [6.07, 6.45) is 5.81. The van der Waals surface area contributed by atoms with Crippen molar-refractivity contribution in [3.63, 3.8) is 0 Å². The summed E-state index contributed by atoms with van der Waals surface area (Å²) in [4.78, 5) is 28.9. The first-order chi connectivity index (χ1) is 14.6. The Kier molecular flexibility index (Phi) is 8.07. The summed E-state index contributed by atoms with van der Waals surface area (Å²) in [7, 11) is 2.07. The molecule has 5 heteroatoms. The third-order valence-electron chi connectivity index (χ3n) is 5.56. The van der Waals surface area contributed by atoms with Gasteiger partial charge in [0.2, 0.25) is 11.8 Å². The highest BCUT2D eigenvalue weighted by Crippen LogP contribution is 2.18. The van der Waals surface area contributed by atoms with E-state index in [1.807, 2.05) is 59.5 Å². The fourth-order valence-electron chi connectivity index (χ4n) is 3.68. The molecule has 2 aromatic carbocycles. The highest BCUT2D eigenvalue weighted by atomic mass is 16.2. The number of rotatable bonds is 8. The fraction of sp³-hybridized carbons (Fsp3) is 0.360. The molecule has 0 atom stereocenters. The molecule has 1 fully saturated rings. The van der Waals surface area contributed by atoms with Crippen molar-refractivity contribution >= 4 is 23.6 Å². The van der Waals surface area contributed by atoms with Crippen molar-refractivity contribution in [2.75, 3.05) is 38.1 Å². The van der Waals surface area contributed by atoms with E-state index in [4.69, 9.17) is 0 Å². The molecule has 0 radical (unpaired) electrons. The number of amides is 2. The fourth-order valence-corrected chi connectivity index (χ4v) is 3.68. The molecule has 1 aliphatic heterocycles. The van der Waals surface area contributed by atoms with E-state index in [-0.39, 0.29) is 17.7 Å². The van der Waals surface area contributed by atoms with Crippen LogP contribution in [0.25, 0.3) is 6.08 Å². The van der Waals surface area contributed by atoms with E-state index in [1.54, 1.807) is 6.08 Å². The molecule has 30 heavy (non-hydrogen) atoms. The largest absolute Gasteiger partial charge is 0.375 e. The van der Waals surface area contributed by atoms with Crippen molar-refractivity contribution in [2.45, 2.75) is 19.3 Å². The lowest BCUT2D eigenvalue weighted by molar-refractivity contribution is -0.132. The van der Waals surface area contributed by atoms with Gasteiger partial charge in [-0.25, -0.2) is 0 Å². The average molecular weight is 406 g/mol. The minimum Gasteiger partial charge on any atom is -0.375 e. The minimum atomic E-state index is -0.000920. The molecule has 1 saturated heterocycles. The maximum absolute atomic E-state index is 12.5. The molecule has 2 aromatic rings. The second-order valence-electron chi connectivity index (χ2n) is 7.75. The van der Waals surface area contributed by atoms with Crippen LogP contribution in [0.4, 0.5) is 5.69 Å². The van der Waals surface area contributed by atoms with Crippen LogP contribution in [0.1, 0.15) is 24.8 Å². The van der Waals surface area contributed by atoms with Gasteiger partial charge in [-0.05, 0) is 43.0 Å². The molecule has 0 spiro atoms. The van der Waals surface area contributed by atoms with E-state index in [0.717, 1.165) is 31.4 Å². The van der Waals surface area contributed by atoms with E-state index < -0.39 is 0 Å². The number of nitrogens with zero attached hydrogens (tertiary/aromatic N) is 2. The molecule has 158 valence electrons. The number of carbonyl (C=O) groups excluding carboxylic acids is 2. The topological polar surface area (TPSA) is 52.7 Å². The van der Waals surface area contributed by atoms with Gasteiger partial charge in [-0.15, -0.1) is 0 Å². The quantitative estimate of drug-likeness (QED) is 0.540. The van der Waals surface area contributed by atoms with Gasteiger partial charge in [0.25, 0.3) is 0 Å². The summed E-state index contributed by atoms with van der Waals surface area (Å²) in [5, 5.41) is 3.07. The predicted octanol–water partition coefficient (Wildman–Crippen LogP) is 3.58. The smallest absolute Gasteiger partial charge is 0.246 e. The van der Waals surface area contributed by atoms with E-state index in [9.17, 15) is 9.59 Å². The first-order valence-corrected chi connectivity index (χ1v) is 10.7. The van der Waals surface area contributed by atoms with E-state index >= 15 is 0 Å². The number of carbonyl (C=O) groups is 2. The number of hydrogen-bond donors (Lipinski definition) is 1. The molecule has 0 saturated carbocycles. The molecule has 3 rings (SSSR count). The van der Waals surface area contributed by atoms with Crippen molar-refractivity contribution in [3.8, 4) is 0 Å². The van der Waals surface area contributed by atoms with Crippen LogP contribution < -0.4 is 10.2 Å². The van der Waals surface area contributed by atoms with Crippen LogP contribution in [0.5, 0.6) is 0 Å². The highest BCUT2D eigenvalue weighted by Gasteiger charge is 2.26. The number of nitrogens with one attached hydrogen (secondary N) is 1. The Balaban J connectivity index is 1.34. The Morgan fingerprint density at radius 3 is 2.33 bits per heavy atom. The Morgan fingerprint density at radius 1 is 1.03 bits per heavy atom. The molecule has 1 heterocycles. The van der Waals surface area contributed by atoms with Crippen molar-refractivity contribution in [1.29, 1.82) is 0 Å². The van der Waals surface area contributed by atoms with Gasteiger partial charge in [-0.2, -0.15) is 0 Å². The molecule has 0 aliphatic carbocycles. The van der Waals surface area contributed by atoms with Crippen molar-refractivity contribution in [1.82, 2.24) is 10.2 Å². The third kappa shape index (κ3) is 6.48. The van der Waals surface area contributed by atoms with Crippen LogP contribution >= 0.6 is 0 Å². The highest BCUT2D eigenvalue weighted by molar-refractivity contribution is 5.92. The third-order valence-corrected chi connectivity index (χ3v) is 5.56. The maximum Gasteiger partial charge on any atom is 0.246 e. The zero-order valence-electron chi connectivity index (χ0n) is 17.7. The summed E-state index contributed by atoms with van der Waals surface area (Å²) in [5.74, 6) is 0.130. The summed E-state index contributed by atoms with van der Waals surface area (Å²) in [6, 6.07) is 20.0. The summed E-state index contributed by atoms with van der Waals surface area (Å²) < 4.78 is 0. The molecule has 0 bridgehead atoms. The minimum absolute atomic E-state index is 0.000920. The maximum atomic E-state index is 12.5. The van der Waals surface area contributed by atoms with Crippen LogP contribution in [-0.2, 0) is 9.59 Å². The van der Waals surface area contributed by atoms with Crippen LogP contribution in [0.15, 0.2) is 66.7 Å².